The zero-order valence-corrected chi connectivity index (χ0v) is 21.8. The third kappa shape index (κ3) is 6.13. The van der Waals surface area contributed by atoms with Gasteiger partial charge in [-0.05, 0) is 41.2 Å². The minimum Gasteiger partial charge on any atom is -0.489 e. The average molecular weight is 493 g/mol. The molecule has 1 aliphatic rings. The van der Waals surface area contributed by atoms with Crippen molar-refractivity contribution in [1.82, 2.24) is 9.21 Å². The molecular weight excluding hydrogens is 456 g/mol. The Kier molecular flexibility index (Phi) is 7.95. The zero-order valence-electron chi connectivity index (χ0n) is 21.0. The van der Waals surface area contributed by atoms with Crippen molar-refractivity contribution in [3.8, 4) is 5.75 Å². The smallest absolute Gasteiger partial charge is 0.243 e. The predicted molar refractivity (Wildman–Crippen MR) is 141 cm³/mol. The van der Waals surface area contributed by atoms with Crippen LogP contribution in [0, 0.1) is 0 Å². The largest absolute Gasteiger partial charge is 0.489 e. The molecule has 1 heterocycles. The molecule has 0 saturated carbocycles. The van der Waals surface area contributed by atoms with E-state index in [1.807, 2.05) is 48.5 Å². The number of hydrogen-bond donors (Lipinski definition) is 0. The van der Waals surface area contributed by atoms with Crippen LogP contribution in [0.25, 0.3) is 0 Å². The van der Waals surface area contributed by atoms with Crippen LogP contribution in [0.4, 0.5) is 0 Å². The van der Waals surface area contributed by atoms with E-state index in [4.69, 9.17) is 4.74 Å². The summed E-state index contributed by atoms with van der Waals surface area (Å²) in [7, 11) is -3.49. The first kappa shape index (κ1) is 25.4. The van der Waals surface area contributed by atoms with Gasteiger partial charge in [0.25, 0.3) is 0 Å². The molecule has 0 unspecified atom stereocenters. The van der Waals surface area contributed by atoms with Crippen molar-refractivity contribution in [3.05, 3.63) is 95.6 Å². The van der Waals surface area contributed by atoms with Crippen LogP contribution in [0.15, 0.2) is 83.8 Å². The second kappa shape index (κ2) is 10.9. The first-order valence-electron chi connectivity index (χ1n) is 12.4. The Labute approximate surface area is 210 Å². The van der Waals surface area contributed by atoms with Gasteiger partial charge in [0, 0.05) is 38.3 Å². The Morgan fingerprint density at radius 1 is 0.829 bits per heavy atom. The monoisotopic (exact) mass is 492 g/mol. The minimum atomic E-state index is -3.49. The highest BCUT2D eigenvalue weighted by molar-refractivity contribution is 7.89. The molecule has 0 N–H and O–H groups in total. The van der Waals surface area contributed by atoms with Crippen molar-refractivity contribution in [1.29, 1.82) is 0 Å². The Morgan fingerprint density at radius 2 is 1.46 bits per heavy atom. The summed E-state index contributed by atoms with van der Waals surface area (Å²) in [5.74, 6) is 0.876. The van der Waals surface area contributed by atoms with Crippen molar-refractivity contribution < 1.29 is 13.2 Å². The van der Waals surface area contributed by atoms with Gasteiger partial charge in [0.15, 0.2) is 0 Å². The van der Waals surface area contributed by atoms with Crippen LogP contribution in [0.2, 0.25) is 0 Å². The first-order chi connectivity index (χ1) is 16.8. The Hall–Kier alpha value is -2.67. The molecule has 35 heavy (non-hydrogen) atoms. The maximum atomic E-state index is 13.2. The molecule has 1 aliphatic heterocycles. The van der Waals surface area contributed by atoms with Crippen molar-refractivity contribution in [2.75, 3.05) is 26.2 Å². The van der Waals surface area contributed by atoms with Crippen molar-refractivity contribution in [3.63, 3.8) is 0 Å². The third-order valence-corrected chi connectivity index (χ3v) is 9.01. The Morgan fingerprint density at radius 3 is 2.11 bits per heavy atom. The fourth-order valence-electron chi connectivity index (χ4n) is 4.31. The second-order valence-corrected chi connectivity index (χ2v) is 11.8. The fourth-order valence-corrected chi connectivity index (χ4v) is 5.73. The summed E-state index contributed by atoms with van der Waals surface area (Å²) >= 11 is 0. The van der Waals surface area contributed by atoms with Crippen LogP contribution in [-0.4, -0.2) is 43.8 Å². The molecule has 0 amide bonds. The molecule has 1 fully saturated rings. The van der Waals surface area contributed by atoms with E-state index in [-0.39, 0.29) is 5.41 Å². The lowest BCUT2D eigenvalue weighted by Gasteiger charge is -2.34. The van der Waals surface area contributed by atoms with Crippen LogP contribution in [0.1, 0.15) is 43.9 Å². The zero-order chi connectivity index (χ0) is 24.9. The van der Waals surface area contributed by atoms with E-state index < -0.39 is 10.0 Å². The van der Waals surface area contributed by atoms with E-state index >= 15 is 0 Å². The fraction of sp³-hybridized carbons (Fsp3) is 0.379. The van der Waals surface area contributed by atoms with E-state index in [0.717, 1.165) is 35.4 Å². The number of para-hydroxylation sites is 1. The lowest BCUT2D eigenvalue weighted by atomic mass is 9.82. The number of nitrogens with zero attached hydrogens (tertiary/aromatic N) is 2. The Balaban J connectivity index is 1.36. The lowest BCUT2D eigenvalue weighted by Crippen LogP contribution is -2.48. The SMILES string of the molecule is CCC(C)(C)c1ccc(S(=O)(=O)N2CCN(Cc3ccccc3OCc3ccccc3)CC2)cc1. The average Bonchev–Trinajstić information content (AvgIpc) is 2.89. The molecule has 6 heteroatoms. The van der Waals surface area contributed by atoms with Gasteiger partial charge in [-0.25, -0.2) is 8.42 Å². The highest BCUT2D eigenvalue weighted by Crippen LogP contribution is 2.28. The molecule has 0 aromatic heterocycles. The number of hydrogen-bond acceptors (Lipinski definition) is 4. The predicted octanol–water partition coefficient (Wildman–Crippen LogP) is 5.46. The summed E-state index contributed by atoms with van der Waals surface area (Å²) in [5.41, 5.74) is 3.45. The summed E-state index contributed by atoms with van der Waals surface area (Å²) in [6.07, 6.45) is 1.00. The molecule has 5 nitrogen and oxygen atoms in total. The van der Waals surface area contributed by atoms with E-state index in [9.17, 15) is 8.42 Å². The number of piperazine rings is 1. The summed E-state index contributed by atoms with van der Waals surface area (Å²) < 4.78 is 34.2. The van der Waals surface area contributed by atoms with E-state index in [2.05, 4.69) is 43.9 Å². The maximum Gasteiger partial charge on any atom is 0.243 e. The molecule has 0 bridgehead atoms. The minimum absolute atomic E-state index is 0.0367. The van der Waals surface area contributed by atoms with Crippen molar-refractivity contribution in [2.24, 2.45) is 0 Å². The van der Waals surface area contributed by atoms with Gasteiger partial charge in [-0.3, -0.25) is 4.90 Å². The van der Waals surface area contributed by atoms with Gasteiger partial charge in [0.1, 0.15) is 12.4 Å². The van der Waals surface area contributed by atoms with Crippen LogP contribution in [-0.2, 0) is 28.6 Å². The summed E-state index contributed by atoms with van der Waals surface area (Å²) in [4.78, 5) is 2.67. The van der Waals surface area contributed by atoms with Gasteiger partial charge in [-0.15, -0.1) is 0 Å². The van der Waals surface area contributed by atoms with Crippen LogP contribution in [0.3, 0.4) is 0 Å². The van der Waals surface area contributed by atoms with E-state index in [0.29, 0.717) is 37.7 Å². The number of sulfonamides is 1. The summed E-state index contributed by atoms with van der Waals surface area (Å²) in [5, 5.41) is 0. The first-order valence-corrected chi connectivity index (χ1v) is 13.8. The van der Waals surface area contributed by atoms with Gasteiger partial charge < -0.3 is 4.74 Å². The number of benzene rings is 3. The molecule has 4 rings (SSSR count). The second-order valence-electron chi connectivity index (χ2n) is 9.82. The van der Waals surface area contributed by atoms with Crippen molar-refractivity contribution >= 4 is 10.0 Å². The molecule has 0 spiro atoms. The molecule has 3 aromatic rings. The van der Waals surface area contributed by atoms with Gasteiger partial charge in [-0.2, -0.15) is 4.31 Å². The van der Waals surface area contributed by atoms with Crippen molar-refractivity contribution in [2.45, 2.75) is 50.7 Å². The standard InChI is InChI=1S/C29H36N2O3S/c1-4-29(2,3)26-14-16-27(17-15-26)35(32,33)31-20-18-30(19-21-31)22-25-12-8-9-13-28(25)34-23-24-10-6-5-7-11-24/h5-17H,4,18-23H2,1-3H3. The topological polar surface area (TPSA) is 49.9 Å². The molecular formula is C29H36N2O3S. The van der Waals surface area contributed by atoms with Crippen LogP contribution in [0.5, 0.6) is 5.75 Å². The normalized spacial score (nSPS) is 15.7. The number of ether oxygens (including phenoxy) is 1. The molecule has 0 aliphatic carbocycles. The number of rotatable bonds is 9. The van der Waals surface area contributed by atoms with Crippen LogP contribution < -0.4 is 4.74 Å². The highest BCUT2D eigenvalue weighted by Gasteiger charge is 2.29. The summed E-state index contributed by atoms with van der Waals surface area (Å²) in [6.45, 7) is 10.1. The molecule has 1 saturated heterocycles. The van der Waals surface area contributed by atoms with Crippen LogP contribution >= 0.6 is 0 Å². The summed E-state index contributed by atoms with van der Waals surface area (Å²) in [6, 6.07) is 25.7. The third-order valence-electron chi connectivity index (χ3n) is 7.09. The van der Waals surface area contributed by atoms with E-state index in [1.54, 1.807) is 16.4 Å². The van der Waals surface area contributed by atoms with Gasteiger partial charge in [0.2, 0.25) is 10.0 Å². The highest BCUT2D eigenvalue weighted by atomic mass is 32.2. The van der Waals surface area contributed by atoms with Gasteiger partial charge >= 0.3 is 0 Å². The molecule has 0 radical (unpaired) electrons. The van der Waals surface area contributed by atoms with Gasteiger partial charge in [0.05, 0.1) is 4.90 Å². The van der Waals surface area contributed by atoms with E-state index in [1.165, 1.54) is 0 Å². The molecule has 3 aromatic carbocycles. The molecule has 0 atom stereocenters. The maximum absolute atomic E-state index is 13.2. The quantitative estimate of drug-likeness (QED) is 0.398. The van der Waals surface area contributed by atoms with Gasteiger partial charge in [-0.1, -0.05) is 81.4 Å². The lowest BCUT2D eigenvalue weighted by molar-refractivity contribution is 0.178. The Bertz CT molecular complexity index is 1200. The molecule has 186 valence electrons.